The van der Waals surface area contributed by atoms with E-state index in [1.54, 1.807) is 6.92 Å². The van der Waals surface area contributed by atoms with Gasteiger partial charge in [0.1, 0.15) is 23.0 Å². The van der Waals surface area contributed by atoms with Gasteiger partial charge in [0.05, 0.1) is 30.3 Å². The van der Waals surface area contributed by atoms with E-state index >= 15 is 0 Å². The highest BCUT2D eigenvalue weighted by Crippen LogP contribution is 2.40. The molecule has 0 amide bonds. The number of aliphatic hydroxyl groups excluding tert-OH is 1. The van der Waals surface area contributed by atoms with Crippen LogP contribution in [0, 0.1) is 0 Å². The van der Waals surface area contributed by atoms with E-state index in [2.05, 4.69) is 0 Å². The Labute approximate surface area is 439 Å². The minimum Gasteiger partial charge on any atom is -0.494 e. The number of nitrogens with two attached hydrogens (primary N) is 2. The molecule has 0 aliphatic rings. The molecule has 0 saturated carbocycles. The number of nitrogen functional groups attached to an aromatic ring is 2. The van der Waals surface area contributed by atoms with Crippen LogP contribution >= 0.6 is 0 Å². The molecule has 0 aliphatic carbocycles. The number of carbonyl (C=O) groups is 4. The number of alkyl halides is 10. The van der Waals surface area contributed by atoms with E-state index in [0.29, 0.717) is 17.5 Å². The summed E-state index contributed by atoms with van der Waals surface area (Å²) >= 11 is 0. The molecule has 0 spiro atoms. The van der Waals surface area contributed by atoms with Crippen molar-refractivity contribution in [2.24, 2.45) is 0 Å². The van der Waals surface area contributed by atoms with Gasteiger partial charge < -0.3 is 50.8 Å². The molecule has 5 rings (SSSR count). The topological polar surface area (TPSA) is 238 Å². The zero-order valence-corrected chi connectivity index (χ0v) is 41.1. The second-order valence-electron chi connectivity index (χ2n) is 17.0. The maximum absolute atomic E-state index is 13.4. The van der Waals surface area contributed by atoms with Crippen LogP contribution in [0.25, 0.3) is 12.2 Å². The third-order valence-corrected chi connectivity index (χ3v) is 11.0. The number of anilines is 2. The zero-order valence-electron chi connectivity index (χ0n) is 41.1. The van der Waals surface area contributed by atoms with E-state index in [4.69, 9.17) is 40.6 Å². The summed E-state index contributed by atoms with van der Waals surface area (Å²) in [5.74, 6) is -17.7. The molecule has 0 aromatic heterocycles. The van der Waals surface area contributed by atoms with Crippen LogP contribution in [-0.2, 0) is 9.59 Å². The van der Waals surface area contributed by atoms with Gasteiger partial charge in [0, 0.05) is 30.6 Å². The molecule has 8 N–H and O–H groups in total. The van der Waals surface area contributed by atoms with Gasteiger partial charge in [0.25, 0.3) is 0 Å². The molecule has 1 unspecified atom stereocenters. The number of aliphatic hydroxyl groups is 4. The van der Waals surface area contributed by atoms with Crippen molar-refractivity contribution in [2.75, 3.05) is 24.7 Å². The lowest BCUT2D eigenvalue weighted by Crippen LogP contribution is -2.44. The van der Waals surface area contributed by atoms with Crippen molar-refractivity contribution in [3.63, 3.8) is 0 Å². The number of ketones is 2. The fourth-order valence-electron chi connectivity index (χ4n) is 6.56. The first-order valence-corrected chi connectivity index (χ1v) is 23.3. The quantitative estimate of drug-likeness (QED) is 0.00641. The van der Waals surface area contributed by atoms with Crippen LogP contribution in [0.2, 0.25) is 0 Å². The van der Waals surface area contributed by atoms with Gasteiger partial charge in [-0.1, -0.05) is 49.4 Å². The molecule has 14 nitrogen and oxygen atoms in total. The van der Waals surface area contributed by atoms with E-state index in [0.717, 1.165) is 12.2 Å². The Morgan fingerprint density at radius 3 is 1.32 bits per heavy atom. The van der Waals surface area contributed by atoms with E-state index < -0.39 is 111 Å². The van der Waals surface area contributed by atoms with Gasteiger partial charge in [-0.15, -0.1) is 0 Å². The van der Waals surface area contributed by atoms with Crippen molar-refractivity contribution in [1.82, 2.24) is 0 Å². The molecule has 0 heterocycles. The first kappa shape index (κ1) is 62.7. The summed E-state index contributed by atoms with van der Waals surface area (Å²) in [6.07, 6.45) is -12.2. The largest absolute Gasteiger partial charge is 0.494 e. The number of esters is 2. The van der Waals surface area contributed by atoms with Crippen molar-refractivity contribution in [1.29, 1.82) is 0 Å². The predicted molar refractivity (Wildman–Crippen MR) is 264 cm³/mol. The maximum Gasteiger partial charge on any atom is 0.453 e. The third-order valence-electron chi connectivity index (χ3n) is 11.0. The Bertz CT molecular complexity index is 2840. The molecular formula is C54H52F10N2O12. The highest BCUT2D eigenvalue weighted by atomic mass is 19.4. The smallest absolute Gasteiger partial charge is 0.453 e. The number of hydrogen-bond acceptors (Lipinski definition) is 14. The number of halogens is 10. The molecule has 0 fully saturated rings. The summed E-state index contributed by atoms with van der Waals surface area (Å²) in [4.78, 5) is 52.2. The molecule has 420 valence electrons. The van der Waals surface area contributed by atoms with Crippen molar-refractivity contribution in [3.05, 3.63) is 155 Å². The first-order valence-electron chi connectivity index (χ1n) is 23.3. The van der Waals surface area contributed by atoms with E-state index in [9.17, 15) is 73.3 Å². The molecule has 5 aromatic carbocycles. The lowest BCUT2D eigenvalue weighted by Gasteiger charge is -2.30. The van der Waals surface area contributed by atoms with Gasteiger partial charge in [-0.2, -0.15) is 43.9 Å². The predicted octanol–water partition coefficient (Wildman–Crippen LogP) is 10.4. The number of allylic oxidation sites excluding steroid dienone is 1. The highest BCUT2D eigenvalue weighted by molar-refractivity contribution is 6.01. The van der Waals surface area contributed by atoms with Gasteiger partial charge in [0.2, 0.25) is 11.6 Å². The van der Waals surface area contributed by atoms with Crippen LogP contribution in [0.1, 0.15) is 88.8 Å². The molecule has 0 saturated heterocycles. The average Bonchev–Trinajstić information content (AvgIpc) is 3.37. The van der Waals surface area contributed by atoms with Gasteiger partial charge in [-0.05, 0) is 133 Å². The summed E-state index contributed by atoms with van der Waals surface area (Å²) < 4.78 is 148. The fourth-order valence-corrected chi connectivity index (χ4v) is 6.56. The number of benzene rings is 5. The van der Waals surface area contributed by atoms with Crippen molar-refractivity contribution >= 4 is 47.0 Å². The minimum absolute atomic E-state index is 0.0174. The second kappa shape index (κ2) is 27.5. The van der Waals surface area contributed by atoms with Gasteiger partial charge in [-0.3, -0.25) is 9.59 Å². The average molecular weight is 1110 g/mol. The van der Waals surface area contributed by atoms with Crippen LogP contribution in [-0.4, -0.2) is 93.4 Å². The zero-order chi connectivity index (χ0) is 58.1. The van der Waals surface area contributed by atoms with Gasteiger partial charge in [0.15, 0.2) is 12.1 Å². The molecule has 0 bridgehead atoms. The second-order valence-corrected chi connectivity index (χ2v) is 17.0. The summed E-state index contributed by atoms with van der Waals surface area (Å²) in [5.41, 5.74) is 13.0. The maximum atomic E-state index is 13.4. The molecule has 78 heavy (non-hydrogen) atoms. The molecule has 5 aromatic rings. The van der Waals surface area contributed by atoms with Gasteiger partial charge >= 0.3 is 36.1 Å². The number of rotatable bonds is 24. The van der Waals surface area contributed by atoms with Crippen LogP contribution in [0.15, 0.2) is 127 Å². The summed E-state index contributed by atoms with van der Waals surface area (Å²) in [5, 5.41) is 38.5. The Morgan fingerprint density at radius 1 is 0.564 bits per heavy atom. The fraction of sp³-hybridized carbons (Fsp3) is 0.296. The molecular weight excluding hydrogens is 1060 g/mol. The number of hydrogen-bond donors (Lipinski definition) is 6. The number of ether oxygens (including phenoxy) is 4. The van der Waals surface area contributed by atoms with Crippen molar-refractivity contribution in [3.8, 4) is 23.0 Å². The molecule has 1 atom stereocenters. The normalized spacial score (nSPS) is 12.7. The van der Waals surface area contributed by atoms with E-state index in [1.165, 1.54) is 127 Å². The SMILES string of the molecule is CCC(O)O.Nc1ccc(C(CC(=O)/C=C/c2ccc(OC(=O)c3ccc(OCCCC(F)(F)C(F)(F)F)cc3)cc2)C(O)(O)C(=O)/C=C/c2ccc(OC(=O)c3ccc(OCCCC(F)(F)C(F)(F)F)cc3)cc2)c(N)c1. The number of carbonyl (C=O) groups excluding carboxylic acids is 4. The molecule has 0 aliphatic heterocycles. The lowest BCUT2D eigenvalue weighted by molar-refractivity contribution is -0.284. The van der Waals surface area contributed by atoms with Crippen LogP contribution in [0.4, 0.5) is 55.3 Å². The monoisotopic (exact) mass is 1110 g/mol. The Hall–Kier alpha value is -7.80. The van der Waals surface area contributed by atoms with Crippen LogP contribution in [0.3, 0.4) is 0 Å². The molecule has 0 radical (unpaired) electrons. The van der Waals surface area contributed by atoms with Crippen LogP contribution < -0.4 is 30.4 Å². The lowest BCUT2D eigenvalue weighted by atomic mass is 9.82. The Balaban J connectivity index is 0.00000250. The van der Waals surface area contributed by atoms with Crippen LogP contribution in [0.5, 0.6) is 23.0 Å². The van der Waals surface area contributed by atoms with E-state index in [-0.39, 0.29) is 51.1 Å². The minimum atomic E-state index is -5.67. The summed E-state index contributed by atoms with van der Waals surface area (Å²) in [6, 6.07) is 25.8. The third kappa shape index (κ3) is 19.0. The Morgan fingerprint density at radius 2 is 0.949 bits per heavy atom. The van der Waals surface area contributed by atoms with Crippen molar-refractivity contribution < 1.29 is 102 Å². The highest BCUT2D eigenvalue weighted by Gasteiger charge is 2.57. The summed E-state index contributed by atoms with van der Waals surface area (Å²) in [6.45, 7) is 0.833. The molecule has 24 heteroatoms. The first-order chi connectivity index (χ1) is 36.4. The van der Waals surface area contributed by atoms with E-state index in [1.807, 2.05) is 0 Å². The standard InChI is InChI=1S/C51H44F10N2O10.C3H8O2/c52-47(53,50(56,57)58)25-1-27-70-37-19-9-33(10-20-37)45(66)72-39-15-4-31(5-16-39)3-14-36(64)30-42(41-23-13-35(62)29-43(41)63)49(68,69)44(65)24-8-32-6-17-40(18-7-32)73-46(67)34-11-21-38(22-12-34)71-28-2-26-48(54,55)51(59,60)61;1-2-3(4)5/h3-24,29,42,68-69H,1-2,25-28,30,62-63H2;3-5H,2H2,1H3/b14-3+,24-8+;. The van der Waals surface area contributed by atoms with Crippen molar-refractivity contribution in [2.45, 2.75) is 87.6 Å². The summed E-state index contributed by atoms with van der Waals surface area (Å²) in [7, 11) is 0. The Kier molecular flexibility index (Phi) is 22.1. The van der Waals surface area contributed by atoms with Gasteiger partial charge in [-0.25, -0.2) is 9.59 Å².